The second-order valence-corrected chi connectivity index (χ2v) is 8.24. The summed E-state index contributed by atoms with van der Waals surface area (Å²) in [7, 11) is 0. The highest BCUT2D eigenvalue weighted by Gasteiger charge is 2.33. The second kappa shape index (κ2) is 9.53. The number of carbonyl (C=O) groups excluding carboxylic acids is 3. The Labute approximate surface area is 161 Å². The third-order valence-electron chi connectivity index (χ3n) is 5.18. The van der Waals surface area contributed by atoms with Gasteiger partial charge in [-0.2, -0.15) is 0 Å². The number of urea groups is 1. The molecule has 0 radical (unpaired) electrons. The molecule has 148 valence electrons. The summed E-state index contributed by atoms with van der Waals surface area (Å²) in [5, 5.41) is 4.76. The molecule has 0 heterocycles. The van der Waals surface area contributed by atoms with E-state index in [9.17, 15) is 14.4 Å². The van der Waals surface area contributed by atoms with Crippen LogP contribution in [0.1, 0.15) is 52.0 Å². The van der Waals surface area contributed by atoms with Gasteiger partial charge in [0, 0.05) is 6.54 Å². The summed E-state index contributed by atoms with van der Waals surface area (Å²) in [5.74, 6) is -0.513. The van der Waals surface area contributed by atoms with Crippen LogP contribution in [0, 0.1) is 17.3 Å². The lowest BCUT2D eigenvalue weighted by Crippen LogP contribution is -2.41. The molecule has 0 spiro atoms. The lowest BCUT2D eigenvalue weighted by Gasteiger charge is -2.36. The number of carbonyl (C=O) groups is 3. The molecule has 6 nitrogen and oxygen atoms in total. The monoisotopic (exact) mass is 374 g/mol. The van der Waals surface area contributed by atoms with E-state index in [0.29, 0.717) is 12.5 Å². The van der Waals surface area contributed by atoms with Crippen LogP contribution in [-0.2, 0) is 20.9 Å². The SMILES string of the molecule is CC(C)(C)C1CCC(C(=O)OCC(=O)NC(=O)NCc2ccccc2)CC1. The van der Waals surface area contributed by atoms with E-state index in [1.807, 2.05) is 30.3 Å². The molecule has 1 fully saturated rings. The van der Waals surface area contributed by atoms with E-state index >= 15 is 0 Å². The van der Waals surface area contributed by atoms with Gasteiger partial charge in [0.05, 0.1) is 5.92 Å². The standard InChI is InChI=1S/C21H30N2O4/c1-21(2,3)17-11-9-16(10-12-17)19(25)27-14-18(24)23-20(26)22-13-15-7-5-4-6-8-15/h4-8,16-17H,9-14H2,1-3H3,(H2,22,23,24,26). The first kappa shape index (κ1) is 20.9. The topological polar surface area (TPSA) is 84.5 Å². The Morgan fingerprint density at radius 3 is 2.26 bits per heavy atom. The van der Waals surface area contributed by atoms with Crippen molar-refractivity contribution in [2.75, 3.05) is 6.61 Å². The zero-order valence-electron chi connectivity index (χ0n) is 16.4. The molecule has 1 saturated carbocycles. The van der Waals surface area contributed by atoms with E-state index in [1.54, 1.807) is 0 Å². The quantitative estimate of drug-likeness (QED) is 0.774. The normalized spacial score (nSPS) is 19.8. The molecule has 0 saturated heterocycles. The molecule has 2 rings (SSSR count). The first-order valence-electron chi connectivity index (χ1n) is 9.54. The molecule has 0 aromatic heterocycles. The van der Waals surface area contributed by atoms with Crippen molar-refractivity contribution in [2.45, 2.75) is 53.0 Å². The fourth-order valence-corrected chi connectivity index (χ4v) is 3.43. The van der Waals surface area contributed by atoms with Crippen LogP contribution >= 0.6 is 0 Å². The van der Waals surface area contributed by atoms with Gasteiger partial charge >= 0.3 is 12.0 Å². The summed E-state index contributed by atoms with van der Waals surface area (Å²) in [4.78, 5) is 35.7. The van der Waals surface area contributed by atoms with E-state index in [4.69, 9.17) is 4.74 Å². The lowest BCUT2D eigenvalue weighted by molar-refractivity contribution is -0.153. The van der Waals surface area contributed by atoms with Crippen molar-refractivity contribution in [1.29, 1.82) is 0 Å². The van der Waals surface area contributed by atoms with Gasteiger partial charge in [-0.3, -0.25) is 14.9 Å². The molecule has 0 bridgehead atoms. The summed E-state index contributed by atoms with van der Waals surface area (Å²) >= 11 is 0. The Kier molecular flexibility index (Phi) is 7.39. The maximum absolute atomic E-state index is 12.2. The van der Waals surface area contributed by atoms with E-state index in [2.05, 4.69) is 31.4 Å². The third-order valence-corrected chi connectivity index (χ3v) is 5.18. The number of imide groups is 1. The average Bonchev–Trinajstić information content (AvgIpc) is 2.64. The van der Waals surface area contributed by atoms with Gasteiger partial charge in [0.25, 0.3) is 5.91 Å². The largest absolute Gasteiger partial charge is 0.455 e. The Morgan fingerprint density at radius 1 is 1.04 bits per heavy atom. The van der Waals surface area contributed by atoms with Crippen molar-refractivity contribution in [2.24, 2.45) is 17.3 Å². The first-order chi connectivity index (χ1) is 12.8. The van der Waals surface area contributed by atoms with Gasteiger partial charge in [0.1, 0.15) is 0 Å². The molecule has 1 aliphatic carbocycles. The van der Waals surface area contributed by atoms with Crippen LogP contribution in [0.4, 0.5) is 4.79 Å². The van der Waals surface area contributed by atoms with Gasteiger partial charge in [0.15, 0.2) is 6.61 Å². The van der Waals surface area contributed by atoms with Crippen LogP contribution in [-0.4, -0.2) is 24.5 Å². The van der Waals surface area contributed by atoms with Crippen LogP contribution in [0.3, 0.4) is 0 Å². The summed E-state index contributed by atoms with van der Waals surface area (Å²) in [5.41, 5.74) is 1.18. The van der Waals surface area contributed by atoms with Gasteiger partial charge in [-0.05, 0) is 42.6 Å². The number of amides is 3. The molecule has 2 N–H and O–H groups in total. The van der Waals surface area contributed by atoms with E-state index < -0.39 is 18.5 Å². The van der Waals surface area contributed by atoms with Crippen molar-refractivity contribution >= 4 is 17.9 Å². The lowest BCUT2D eigenvalue weighted by atomic mass is 9.70. The van der Waals surface area contributed by atoms with Gasteiger partial charge in [-0.15, -0.1) is 0 Å². The van der Waals surface area contributed by atoms with Crippen molar-refractivity contribution in [3.63, 3.8) is 0 Å². The van der Waals surface area contributed by atoms with Crippen LogP contribution in [0.5, 0.6) is 0 Å². The maximum Gasteiger partial charge on any atom is 0.321 e. The molecule has 1 aromatic rings. The van der Waals surface area contributed by atoms with E-state index in [-0.39, 0.29) is 17.3 Å². The molecule has 1 aromatic carbocycles. The predicted octanol–water partition coefficient (Wildman–Crippen LogP) is 3.41. The fourth-order valence-electron chi connectivity index (χ4n) is 3.43. The molecule has 0 aliphatic heterocycles. The van der Waals surface area contributed by atoms with Gasteiger partial charge in [-0.25, -0.2) is 4.79 Å². The van der Waals surface area contributed by atoms with Gasteiger partial charge in [0.2, 0.25) is 0 Å². The van der Waals surface area contributed by atoms with Gasteiger partial charge in [-0.1, -0.05) is 51.1 Å². The molecule has 6 heteroatoms. The molecule has 1 aliphatic rings. The smallest absolute Gasteiger partial charge is 0.321 e. The average molecular weight is 374 g/mol. The molecular formula is C21H30N2O4. The number of ether oxygens (including phenoxy) is 1. The molecule has 3 amide bonds. The Bertz CT molecular complexity index is 644. The van der Waals surface area contributed by atoms with Crippen LogP contribution in [0.15, 0.2) is 30.3 Å². The van der Waals surface area contributed by atoms with Crippen molar-refractivity contribution < 1.29 is 19.1 Å². The first-order valence-corrected chi connectivity index (χ1v) is 9.54. The van der Waals surface area contributed by atoms with Crippen LogP contribution in [0.2, 0.25) is 0 Å². The summed E-state index contributed by atoms with van der Waals surface area (Å²) in [6.07, 6.45) is 3.58. The van der Waals surface area contributed by atoms with Crippen LogP contribution < -0.4 is 10.6 Å². The maximum atomic E-state index is 12.2. The minimum absolute atomic E-state index is 0.150. The van der Waals surface area contributed by atoms with Crippen LogP contribution in [0.25, 0.3) is 0 Å². The van der Waals surface area contributed by atoms with E-state index in [0.717, 1.165) is 31.2 Å². The van der Waals surface area contributed by atoms with Crippen molar-refractivity contribution in [3.8, 4) is 0 Å². The predicted molar refractivity (Wildman–Crippen MR) is 103 cm³/mol. The number of hydrogen-bond donors (Lipinski definition) is 2. The summed E-state index contributed by atoms with van der Waals surface area (Å²) in [6, 6.07) is 8.77. The Hall–Kier alpha value is -2.37. The summed E-state index contributed by atoms with van der Waals surface area (Å²) in [6.45, 7) is 6.56. The third kappa shape index (κ3) is 7.04. The number of nitrogens with one attached hydrogen (secondary N) is 2. The second-order valence-electron chi connectivity index (χ2n) is 8.24. The van der Waals surface area contributed by atoms with Crippen molar-refractivity contribution in [3.05, 3.63) is 35.9 Å². The fraction of sp³-hybridized carbons (Fsp3) is 0.571. The minimum Gasteiger partial charge on any atom is -0.455 e. The summed E-state index contributed by atoms with van der Waals surface area (Å²) < 4.78 is 5.10. The van der Waals surface area contributed by atoms with Crippen molar-refractivity contribution in [1.82, 2.24) is 10.6 Å². The van der Waals surface area contributed by atoms with E-state index in [1.165, 1.54) is 0 Å². The zero-order valence-corrected chi connectivity index (χ0v) is 16.4. The highest BCUT2D eigenvalue weighted by Crippen LogP contribution is 2.40. The Morgan fingerprint density at radius 2 is 1.67 bits per heavy atom. The molecule has 27 heavy (non-hydrogen) atoms. The molecule has 0 atom stereocenters. The molecular weight excluding hydrogens is 344 g/mol. The highest BCUT2D eigenvalue weighted by molar-refractivity contribution is 5.95. The Balaban J connectivity index is 1.65. The number of benzene rings is 1. The zero-order chi connectivity index (χ0) is 19.9. The number of esters is 1. The number of rotatable bonds is 5. The molecule has 0 unspecified atom stereocenters. The minimum atomic E-state index is -0.628. The van der Waals surface area contributed by atoms with Gasteiger partial charge < -0.3 is 10.1 Å². The highest BCUT2D eigenvalue weighted by atomic mass is 16.5. The number of hydrogen-bond acceptors (Lipinski definition) is 4.